The molecule has 0 saturated carbocycles. The second-order valence-electron chi connectivity index (χ2n) is 4.56. The topological polar surface area (TPSA) is 89.7 Å². The van der Waals surface area contributed by atoms with Gasteiger partial charge in [0.1, 0.15) is 0 Å². The summed E-state index contributed by atoms with van der Waals surface area (Å²) in [6.45, 7) is 0. The van der Waals surface area contributed by atoms with Gasteiger partial charge in [-0.25, -0.2) is 0 Å². The zero-order valence-electron chi connectivity index (χ0n) is 12.0. The maximum Gasteiger partial charge on any atom is 0.269 e. The number of nitro groups is 1. The van der Waals surface area contributed by atoms with Gasteiger partial charge in [-0.05, 0) is 51.8 Å². The number of benzene rings is 2. The van der Waals surface area contributed by atoms with Crippen molar-refractivity contribution < 1.29 is 19.6 Å². The van der Waals surface area contributed by atoms with Crippen LogP contribution in [0.2, 0.25) is 0 Å². The molecule has 0 aliphatic heterocycles. The summed E-state index contributed by atoms with van der Waals surface area (Å²) in [5.41, 5.74) is 0.927. The summed E-state index contributed by atoms with van der Waals surface area (Å²) in [5.74, 6) is -0.0313. The fraction of sp³-hybridized carbons (Fsp3) is 0.0625. The van der Waals surface area contributed by atoms with E-state index in [1.54, 1.807) is 18.2 Å². The maximum atomic E-state index is 12.1. The molecule has 118 valence electrons. The Balaban J connectivity index is 2.21. The molecular weight excluding hydrogens is 366 g/mol. The molecular formula is C16H12BrNO5. The van der Waals surface area contributed by atoms with Gasteiger partial charge in [-0.3, -0.25) is 14.9 Å². The van der Waals surface area contributed by atoms with Crippen LogP contribution in [-0.4, -0.2) is 22.9 Å². The summed E-state index contributed by atoms with van der Waals surface area (Å²) in [4.78, 5) is 22.1. The molecule has 0 aliphatic rings. The summed E-state index contributed by atoms with van der Waals surface area (Å²) in [6.07, 6.45) is 2.91. The molecule has 2 rings (SSSR count). The van der Waals surface area contributed by atoms with Crippen molar-refractivity contribution in [2.45, 2.75) is 0 Å². The van der Waals surface area contributed by atoms with Gasteiger partial charge in [0.15, 0.2) is 17.3 Å². The molecule has 0 amide bonds. The number of phenols is 1. The lowest BCUT2D eigenvalue weighted by Crippen LogP contribution is -1.95. The first kappa shape index (κ1) is 16.7. The predicted molar refractivity (Wildman–Crippen MR) is 88.8 cm³/mol. The summed E-state index contributed by atoms with van der Waals surface area (Å²) in [7, 11) is 1.43. The lowest BCUT2D eigenvalue weighted by molar-refractivity contribution is -0.384. The van der Waals surface area contributed by atoms with Gasteiger partial charge < -0.3 is 9.84 Å². The van der Waals surface area contributed by atoms with Crippen molar-refractivity contribution in [3.8, 4) is 11.5 Å². The molecule has 2 aromatic carbocycles. The molecule has 0 heterocycles. The number of phenolic OH excluding ortho intramolecular Hbond substituents is 1. The third-order valence-corrected chi connectivity index (χ3v) is 3.66. The molecule has 0 saturated heterocycles. The van der Waals surface area contributed by atoms with E-state index in [4.69, 9.17) is 4.74 Å². The van der Waals surface area contributed by atoms with Gasteiger partial charge in [-0.15, -0.1) is 0 Å². The highest BCUT2D eigenvalue weighted by Crippen LogP contribution is 2.35. The van der Waals surface area contributed by atoms with Gasteiger partial charge in [0.2, 0.25) is 0 Å². The standard InChI is InChI=1S/C16H12BrNO5/c1-23-15-9-10(8-13(17)16(15)20)2-7-14(19)11-3-5-12(6-4-11)18(21)22/h2-9,20H,1H3/b7-2+. The maximum absolute atomic E-state index is 12.1. The van der Waals surface area contributed by atoms with Crippen LogP contribution in [0.1, 0.15) is 15.9 Å². The van der Waals surface area contributed by atoms with Crippen LogP contribution >= 0.6 is 15.9 Å². The van der Waals surface area contributed by atoms with E-state index in [1.807, 2.05) is 0 Å². The first-order chi connectivity index (χ1) is 10.9. The third-order valence-electron chi connectivity index (χ3n) is 3.06. The average molecular weight is 378 g/mol. The highest BCUT2D eigenvalue weighted by molar-refractivity contribution is 9.10. The normalized spacial score (nSPS) is 10.7. The van der Waals surface area contributed by atoms with Crippen LogP contribution in [0.4, 0.5) is 5.69 Å². The average Bonchev–Trinajstić information content (AvgIpc) is 2.55. The van der Waals surface area contributed by atoms with Crippen LogP contribution in [0.5, 0.6) is 11.5 Å². The van der Waals surface area contributed by atoms with Crippen molar-refractivity contribution in [1.29, 1.82) is 0 Å². The number of halogens is 1. The smallest absolute Gasteiger partial charge is 0.269 e. The monoisotopic (exact) mass is 377 g/mol. The molecule has 6 nitrogen and oxygen atoms in total. The van der Waals surface area contributed by atoms with E-state index < -0.39 is 4.92 Å². The Morgan fingerprint density at radius 3 is 2.52 bits per heavy atom. The van der Waals surface area contributed by atoms with Crippen molar-refractivity contribution in [3.05, 3.63) is 68.2 Å². The molecule has 23 heavy (non-hydrogen) atoms. The molecule has 2 aromatic rings. The minimum Gasteiger partial charge on any atom is -0.503 e. The van der Waals surface area contributed by atoms with Crippen molar-refractivity contribution in [1.82, 2.24) is 0 Å². The number of carbonyl (C=O) groups is 1. The van der Waals surface area contributed by atoms with Crippen LogP contribution in [0.3, 0.4) is 0 Å². The van der Waals surface area contributed by atoms with E-state index in [9.17, 15) is 20.0 Å². The number of non-ortho nitro benzene ring substituents is 1. The zero-order valence-corrected chi connectivity index (χ0v) is 13.6. The van der Waals surface area contributed by atoms with Crippen molar-refractivity contribution in [2.75, 3.05) is 7.11 Å². The number of allylic oxidation sites excluding steroid dienone is 1. The second-order valence-corrected chi connectivity index (χ2v) is 5.41. The van der Waals surface area contributed by atoms with E-state index in [0.29, 0.717) is 15.6 Å². The number of carbonyl (C=O) groups excluding carboxylic acids is 1. The van der Waals surface area contributed by atoms with E-state index in [1.165, 1.54) is 37.5 Å². The van der Waals surface area contributed by atoms with E-state index >= 15 is 0 Å². The van der Waals surface area contributed by atoms with Gasteiger partial charge in [0.05, 0.1) is 16.5 Å². The fourth-order valence-electron chi connectivity index (χ4n) is 1.86. The van der Waals surface area contributed by atoms with Crippen molar-refractivity contribution >= 4 is 33.5 Å². The molecule has 0 atom stereocenters. The summed E-state index contributed by atoms with van der Waals surface area (Å²) < 4.78 is 5.47. The molecule has 0 bridgehead atoms. The summed E-state index contributed by atoms with van der Waals surface area (Å²) in [5, 5.41) is 20.3. The van der Waals surface area contributed by atoms with Crippen LogP contribution in [0.25, 0.3) is 6.08 Å². The second kappa shape index (κ2) is 7.06. The molecule has 0 radical (unpaired) electrons. The lowest BCUT2D eigenvalue weighted by atomic mass is 10.1. The van der Waals surface area contributed by atoms with Crippen LogP contribution in [-0.2, 0) is 0 Å². The Morgan fingerprint density at radius 1 is 1.30 bits per heavy atom. The van der Waals surface area contributed by atoms with Gasteiger partial charge in [-0.2, -0.15) is 0 Å². The number of nitrogens with zero attached hydrogens (tertiary/aromatic N) is 1. The molecule has 0 aliphatic carbocycles. The number of aromatic hydroxyl groups is 1. The summed E-state index contributed by atoms with van der Waals surface area (Å²) in [6, 6.07) is 8.58. The van der Waals surface area contributed by atoms with Crippen molar-refractivity contribution in [2.24, 2.45) is 0 Å². The molecule has 0 spiro atoms. The van der Waals surface area contributed by atoms with Crippen LogP contribution < -0.4 is 4.74 Å². The van der Waals surface area contributed by atoms with Gasteiger partial charge in [0.25, 0.3) is 5.69 Å². The number of ketones is 1. The highest BCUT2D eigenvalue weighted by Gasteiger charge is 2.09. The Bertz CT molecular complexity index is 784. The Kier molecular flexibility index (Phi) is 5.13. The molecule has 7 heteroatoms. The lowest BCUT2D eigenvalue weighted by Gasteiger charge is -2.06. The first-order valence-corrected chi connectivity index (χ1v) is 7.25. The van der Waals surface area contributed by atoms with Crippen molar-refractivity contribution in [3.63, 3.8) is 0 Å². The number of hydrogen-bond donors (Lipinski definition) is 1. The van der Waals surface area contributed by atoms with E-state index in [2.05, 4.69) is 15.9 Å². The number of methoxy groups -OCH3 is 1. The minimum absolute atomic E-state index is 0.0219. The van der Waals surface area contributed by atoms with E-state index in [-0.39, 0.29) is 23.0 Å². The highest BCUT2D eigenvalue weighted by atomic mass is 79.9. The summed E-state index contributed by atoms with van der Waals surface area (Å²) >= 11 is 3.20. The number of nitro benzene ring substituents is 1. The van der Waals surface area contributed by atoms with E-state index in [0.717, 1.165) is 0 Å². The third kappa shape index (κ3) is 3.95. The Hall–Kier alpha value is -2.67. The number of ether oxygens (including phenoxy) is 1. The van der Waals surface area contributed by atoms with Gasteiger partial charge in [0, 0.05) is 17.7 Å². The van der Waals surface area contributed by atoms with Crippen LogP contribution in [0, 0.1) is 10.1 Å². The SMILES string of the molecule is COc1cc(/C=C/C(=O)c2ccc([N+](=O)[O-])cc2)cc(Br)c1O. The van der Waals surface area contributed by atoms with Gasteiger partial charge >= 0.3 is 0 Å². The molecule has 0 unspecified atom stereocenters. The molecule has 0 fully saturated rings. The molecule has 0 aromatic heterocycles. The largest absolute Gasteiger partial charge is 0.503 e. The number of rotatable bonds is 5. The van der Waals surface area contributed by atoms with Gasteiger partial charge in [-0.1, -0.05) is 6.08 Å². The first-order valence-electron chi connectivity index (χ1n) is 6.45. The zero-order chi connectivity index (χ0) is 17.0. The fourth-order valence-corrected chi connectivity index (χ4v) is 2.32. The quantitative estimate of drug-likeness (QED) is 0.368. The molecule has 1 N–H and O–H groups in total. The Morgan fingerprint density at radius 2 is 1.96 bits per heavy atom. The Labute approximate surface area is 140 Å². The minimum atomic E-state index is -0.523. The predicted octanol–water partition coefficient (Wildman–Crippen LogP) is 3.97. The van der Waals surface area contributed by atoms with Crippen LogP contribution in [0.15, 0.2) is 46.9 Å². The number of hydrogen-bond acceptors (Lipinski definition) is 5.